The van der Waals surface area contributed by atoms with Crippen molar-refractivity contribution in [3.05, 3.63) is 63.9 Å². The zero-order valence-electron chi connectivity index (χ0n) is 17.0. The molecule has 0 saturated carbocycles. The van der Waals surface area contributed by atoms with Gasteiger partial charge in [0.05, 0.1) is 23.3 Å². The highest BCUT2D eigenvalue weighted by molar-refractivity contribution is 7.09. The minimum absolute atomic E-state index is 0.0183. The summed E-state index contributed by atoms with van der Waals surface area (Å²) in [7, 11) is 0. The normalized spacial score (nSPS) is 20.0. The molecule has 0 unspecified atom stereocenters. The van der Waals surface area contributed by atoms with E-state index >= 15 is 0 Å². The minimum atomic E-state index is -0.312. The number of para-hydroxylation sites is 1. The lowest BCUT2D eigenvalue weighted by atomic mass is 9.97. The topological polar surface area (TPSA) is 69.0 Å². The lowest BCUT2D eigenvalue weighted by molar-refractivity contribution is -0.127. The molecule has 1 amide bonds. The third kappa shape index (κ3) is 3.97. The summed E-state index contributed by atoms with van der Waals surface area (Å²) in [4.78, 5) is 17.7. The van der Waals surface area contributed by atoms with E-state index in [1.54, 1.807) is 17.5 Å². The number of hydrogen-bond donors (Lipinski definition) is 1. The molecule has 4 rings (SSSR count). The highest BCUT2D eigenvalue weighted by Gasteiger charge is 2.38. The largest absolute Gasteiger partial charge is 0.371 e. The summed E-state index contributed by atoms with van der Waals surface area (Å²) < 4.78 is 7.92. The number of nitrogens with one attached hydrogen (secondary N) is 1. The number of thiazole rings is 1. The van der Waals surface area contributed by atoms with Gasteiger partial charge in [0.1, 0.15) is 11.1 Å². The molecule has 3 atom stereocenters. The number of aryl methyl sites for hydroxylation is 2. The number of aromatic nitrogens is 3. The van der Waals surface area contributed by atoms with E-state index in [1.165, 1.54) is 0 Å². The van der Waals surface area contributed by atoms with Crippen LogP contribution in [0.4, 0.5) is 0 Å². The molecule has 3 aromatic rings. The zero-order valence-corrected chi connectivity index (χ0v) is 17.8. The first-order valence-corrected chi connectivity index (χ1v) is 10.9. The number of ether oxygens (including phenoxy) is 1. The molecule has 0 bridgehead atoms. The summed E-state index contributed by atoms with van der Waals surface area (Å²) in [5.41, 5.74) is 4.03. The fraction of sp³-hybridized carbons (Fsp3) is 0.409. The number of nitrogens with zero attached hydrogens (tertiary/aromatic N) is 3. The molecular weight excluding hydrogens is 384 g/mol. The van der Waals surface area contributed by atoms with E-state index in [0.29, 0.717) is 13.0 Å². The van der Waals surface area contributed by atoms with Crippen molar-refractivity contribution >= 4 is 17.2 Å². The number of carbonyl (C=O) groups excluding carboxylic acids is 1. The lowest BCUT2D eigenvalue weighted by Crippen LogP contribution is -2.35. The van der Waals surface area contributed by atoms with Crippen LogP contribution < -0.4 is 5.32 Å². The number of carbonyl (C=O) groups is 1. The molecule has 0 aliphatic carbocycles. The average Bonchev–Trinajstić information content (AvgIpc) is 3.46. The molecule has 152 valence electrons. The monoisotopic (exact) mass is 410 g/mol. The molecule has 1 fully saturated rings. The van der Waals surface area contributed by atoms with Crippen LogP contribution >= 0.6 is 11.3 Å². The summed E-state index contributed by atoms with van der Waals surface area (Å²) in [5, 5.41) is 10.7. The maximum absolute atomic E-state index is 13.2. The van der Waals surface area contributed by atoms with E-state index in [-0.39, 0.29) is 24.0 Å². The molecule has 0 spiro atoms. The van der Waals surface area contributed by atoms with Crippen molar-refractivity contribution in [3.63, 3.8) is 0 Å². The standard InChI is InChI=1S/C22H26N4O2S/c1-4-17(22-24-15(3)13-29-22)25-21(27)16-10-12-28-20(16)19-9-11-23-26(19)18-8-6-5-7-14(18)2/h5-9,11,13,16-17,20H,4,10,12H2,1-3H3,(H,25,27)/t16-,17+,20-/m0/s1. The second-order valence-electron chi connectivity index (χ2n) is 7.44. The van der Waals surface area contributed by atoms with Crippen LogP contribution in [0.2, 0.25) is 0 Å². The van der Waals surface area contributed by atoms with Crippen molar-refractivity contribution in [2.45, 2.75) is 45.8 Å². The fourth-order valence-electron chi connectivity index (χ4n) is 3.83. The SMILES string of the molecule is CC[C@@H](NC(=O)[C@H]1CCO[C@@H]1c1ccnn1-c1ccccc1C)c1nc(C)cs1. The van der Waals surface area contributed by atoms with E-state index in [9.17, 15) is 4.79 Å². The van der Waals surface area contributed by atoms with Gasteiger partial charge in [0.15, 0.2) is 0 Å². The Morgan fingerprint density at radius 3 is 2.90 bits per heavy atom. The molecule has 1 N–H and O–H groups in total. The summed E-state index contributed by atoms with van der Waals surface area (Å²) >= 11 is 1.60. The summed E-state index contributed by atoms with van der Waals surface area (Å²) in [5.74, 6) is -0.227. The molecule has 2 aromatic heterocycles. The highest BCUT2D eigenvalue weighted by atomic mass is 32.1. The predicted octanol–water partition coefficient (Wildman–Crippen LogP) is 4.29. The van der Waals surface area contributed by atoms with Gasteiger partial charge in [-0.05, 0) is 44.4 Å². The molecule has 1 saturated heterocycles. The van der Waals surface area contributed by atoms with Crippen LogP contribution in [0, 0.1) is 19.8 Å². The van der Waals surface area contributed by atoms with Gasteiger partial charge in [-0.15, -0.1) is 11.3 Å². The minimum Gasteiger partial charge on any atom is -0.371 e. The van der Waals surface area contributed by atoms with Gasteiger partial charge in [0, 0.05) is 23.9 Å². The Morgan fingerprint density at radius 2 is 2.17 bits per heavy atom. The van der Waals surface area contributed by atoms with Gasteiger partial charge in [0.2, 0.25) is 5.91 Å². The Hall–Kier alpha value is -2.51. The maximum Gasteiger partial charge on any atom is 0.226 e. The van der Waals surface area contributed by atoms with Crippen molar-refractivity contribution in [2.75, 3.05) is 6.61 Å². The summed E-state index contributed by atoms with van der Waals surface area (Å²) in [6.07, 6.45) is 2.96. The third-order valence-electron chi connectivity index (χ3n) is 5.40. The van der Waals surface area contributed by atoms with E-state index in [4.69, 9.17) is 4.74 Å². The molecule has 1 aliphatic rings. The second-order valence-corrected chi connectivity index (χ2v) is 8.33. The zero-order chi connectivity index (χ0) is 20.4. The molecule has 1 aliphatic heterocycles. The highest BCUT2D eigenvalue weighted by Crippen LogP contribution is 2.36. The third-order valence-corrected chi connectivity index (χ3v) is 6.47. The van der Waals surface area contributed by atoms with Crippen LogP contribution in [-0.2, 0) is 9.53 Å². The molecule has 29 heavy (non-hydrogen) atoms. The van der Waals surface area contributed by atoms with Gasteiger partial charge in [-0.25, -0.2) is 9.67 Å². The number of rotatable bonds is 6. The Morgan fingerprint density at radius 1 is 1.34 bits per heavy atom. The predicted molar refractivity (Wildman–Crippen MR) is 113 cm³/mol. The Balaban J connectivity index is 1.56. The number of hydrogen-bond acceptors (Lipinski definition) is 5. The number of benzene rings is 1. The van der Waals surface area contributed by atoms with Gasteiger partial charge >= 0.3 is 0 Å². The van der Waals surface area contributed by atoms with Crippen LogP contribution in [0.25, 0.3) is 5.69 Å². The Bertz CT molecular complexity index is 996. The van der Waals surface area contributed by atoms with Gasteiger partial charge < -0.3 is 10.1 Å². The van der Waals surface area contributed by atoms with Crippen LogP contribution in [0.1, 0.15) is 53.9 Å². The lowest BCUT2D eigenvalue weighted by Gasteiger charge is -2.22. The Kier molecular flexibility index (Phi) is 5.78. The van der Waals surface area contributed by atoms with Crippen LogP contribution in [0.3, 0.4) is 0 Å². The first kappa shape index (κ1) is 19.8. The van der Waals surface area contributed by atoms with E-state index in [1.807, 2.05) is 41.3 Å². The quantitative estimate of drug-likeness (QED) is 0.658. The average molecular weight is 411 g/mol. The van der Waals surface area contributed by atoms with E-state index in [0.717, 1.165) is 34.1 Å². The first-order valence-electron chi connectivity index (χ1n) is 10.0. The molecular formula is C22H26N4O2S. The van der Waals surface area contributed by atoms with Gasteiger partial charge in [-0.3, -0.25) is 4.79 Å². The summed E-state index contributed by atoms with van der Waals surface area (Å²) in [6.45, 7) is 6.66. The van der Waals surface area contributed by atoms with Crippen molar-refractivity contribution in [3.8, 4) is 5.69 Å². The van der Waals surface area contributed by atoms with Gasteiger partial charge in [0.25, 0.3) is 0 Å². The number of amides is 1. The smallest absolute Gasteiger partial charge is 0.226 e. The van der Waals surface area contributed by atoms with Crippen LogP contribution in [-0.4, -0.2) is 27.3 Å². The molecule has 0 radical (unpaired) electrons. The van der Waals surface area contributed by atoms with Crippen molar-refractivity contribution < 1.29 is 9.53 Å². The van der Waals surface area contributed by atoms with Crippen LogP contribution in [0.5, 0.6) is 0 Å². The van der Waals surface area contributed by atoms with Crippen LogP contribution in [0.15, 0.2) is 41.9 Å². The second kappa shape index (κ2) is 8.47. The van der Waals surface area contributed by atoms with E-state index in [2.05, 4.69) is 35.3 Å². The van der Waals surface area contributed by atoms with Crippen molar-refractivity contribution in [2.24, 2.45) is 5.92 Å². The molecule has 1 aromatic carbocycles. The van der Waals surface area contributed by atoms with E-state index < -0.39 is 0 Å². The van der Waals surface area contributed by atoms with Gasteiger partial charge in [-0.2, -0.15) is 5.10 Å². The first-order chi connectivity index (χ1) is 14.1. The Labute approximate surface area is 174 Å². The fourth-order valence-corrected chi connectivity index (χ4v) is 4.76. The molecule has 3 heterocycles. The van der Waals surface area contributed by atoms with Crippen molar-refractivity contribution in [1.82, 2.24) is 20.1 Å². The van der Waals surface area contributed by atoms with Gasteiger partial charge in [-0.1, -0.05) is 25.1 Å². The summed E-state index contributed by atoms with van der Waals surface area (Å²) in [6, 6.07) is 9.98. The maximum atomic E-state index is 13.2. The molecule has 6 nitrogen and oxygen atoms in total. The molecule has 7 heteroatoms. The van der Waals surface area contributed by atoms with Crippen molar-refractivity contribution in [1.29, 1.82) is 0 Å².